The molecule has 2 aliphatic heterocycles. The third-order valence-electron chi connectivity index (χ3n) is 9.88. The number of halogens is 1. The van der Waals surface area contributed by atoms with Crippen molar-refractivity contribution in [3.8, 4) is 0 Å². The minimum absolute atomic E-state index is 0.0279. The van der Waals surface area contributed by atoms with Gasteiger partial charge in [-0.2, -0.15) is 5.10 Å². The van der Waals surface area contributed by atoms with Crippen LogP contribution in [0.5, 0.6) is 0 Å². The monoisotopic (exact) mass is 574 g/mol. The number of nitrogens with one attached hydrogen (secondary N) is 2. The van der Waals surface area contributed by atoms with Gasteiger partial charge >= 0.3 is 0 Å². The predicted octanol–water partition coefficient (Wildman–Crippen LogP) is 5.04. The third-order valence-corrected chi connectivity index (χ3v) is 10.1. The average Bonchev–Trinajstić information content (AvgIpc) is 3.52. The molecule has 0 radical (unpaired) electrons. The summed E-state index contributed by atoms with van der Waals surface area (Å²) in [7, 11) is 0. The van der Waals surface area contributed by atoms with E-state index in [1.807, 2.05) is 18.5 Å². The summed E-state index contributed by atoms with van der Waals surface area (Å²) in [4.78, 5) is 20.4. The van der Waals surface area contributed by atoms with Crippen LogP contribution in [-0.2, 0) is 30.7 Å². The molecular weight excluding hydrogens is 532 g/mol. The van der Waals surface area contributed by atoms with E-state index in [9.17, 15) is 4.79 Å². The number of fused-ring (bicyclic) bond motifs is 1. The van der Waals surface area contributed by atoms with Gasteiger partial charge in [0.1, 0.15) is 12.7 Å². The molecular formula is C33H43ClN6O. The fourth-order valence-corrected chi connectivity index (χ4v) is 7.67. The molecule has 3 aromatic rings. The van der Waals surface area contributed by atoms with Crippen molar-refractivity contribution in [3.05, 3.63) is 82.9 Å². The number of piperidine rings is 1. The topological polar surface area (TPSA) is 75.1 Å². The number of carbonyl (C=O) groups is 1. The van der Waals surface area contributed by atoms with E-state index in [4.69, 9.17) is 11.6 Å². The Bertz CT molecular complexity index is 1270. The van der Waals surface area contributed by atoms with Crippen molar-refractivity contribution >= 4 is 17.5 Å². The number of carbonyl (C=O) groups excluding carboxylic acids is 1. The van der Waals surface area contributed by atoms with Gasteiger partial charge in [0.2, 0.25) is 5.91 Å². The van der Waals surface area contributed by atoms with Crippen LogP contribution in [0.3, 0.4) is 0 Å². The summed E-state index contributed by atoms with van der Waals surface area (Å²) in [5, 5.41) is 12.1. The Labute approximate surface area is 249 Å². The number of aromatic nitrogens is 3. The lowest BCUT2D eigenvalue weighted by atomic mass is 9.63. The lowest BCUT2D eigenvalue weighted by Crippen LogP contribution is -2.55. The number of hydrogen-bond donors (Lipinski definition) is 2. The van der Waals surface area contributed by atoms with Crippen LogP contribution < -0.4 is 10.6 Å². The van der Waals surface area contributed by atoms with E-state index >= 15 is 0 Å². The quantitative estimate of drug-likeness (QED) is 0.375. The Kier molecular flexibility index (Phi) is 9.04. The van der Waals surface area contributed by atoms with Gasteiger partial charge in [-0.05, 0) is 91.8 Å². The summed E-state index contributed by atoms with van der Waals surface area (Å²) in [6.45, 7) is 4.64. The second-order valence-electron chi connectivity index (χ2n) is 12.5. The van der Waals surface area contributed by atoms with E-state index < -0.39 is 0 Å². The molecule has 0 unspecified atom stereocenters. The van der Waals surface area contributed by atoms with Gasteiger partial charge in [0.05, 0.1) is 6.04 Å². The first-order chi connectivity index (χ1) is 20.1. The highest BCUT2D eigenvalue weighted by atomic mass is 35.5. The van der Waals surface area contributed by atoms with Gasteiger partial charge < -0.3 is 15.5 Å². The molecule has 0 spiro atoms. The third kappa shape index (κ3) is 7.02. The number of rotatable bonds is 9. The maximum atomic E-state index is 13.6. The lowest BCUT2D eigenvalue weighted by molar-refractivity contribution is -0.124. The van der Waals surface area contributed by atoms with Crippen molar-refractivity contribution in [3.63, 3.8) is 0 Å². The fourth-order valence-electron chi connectivity index (χ4n) is 7.55. The molecule has 8 heteroatoms. The lowest BCUT2D eigenvalue weighted by Gasteiger charge is -2.48. The maximum absolute atomic E-state index is 13.6. The highest BCUT2D eigenvalue weighted by Gasteiger charge is 2.42. The van der Waals surface area contributed by atoms with E-state index in [2.05, 4.69) is 66.7 Å². The summed E-state index contributed by atoms with van der Waals surface area (Å²) in [6, 6.07) is 16.3. The minimum atomic E-state index is -0.208. The van der Waals surface area contributed by atoms with Crippen LogP contribution >= 0.6 is 11.6 Å². The molecule has 3 aliphatic rings. The summed E-state index contributed by atoms with van der Waals surface area (Å²) in [5.41, 5.74) is 4.03. The van der Waals surface area contributed by atoms with Crippen molar-refractivity contribution in [1.82, 2.24) is 30.3 Å². The number of benzene rings is 2. The van der Waals surface area contributed by atoms with Crippen LogP contribution in [0.25, 0.3) is 0 Å². The molecule has 7 nitrogen and oxygen atoms in total. The molecule has 1 aromatic heterocycles. The number of amides is 1. The molecule has 2 aromatic carbocycles. The van der Waals surface area contributed by atoms with Crippen LogP contribution in [0.15, 0.2) is 61.2 Å². The Balaban J connectivity index is 1.13. The first-order valence-corrected chi connectivity index (χ1v) is 15.8. The molecule has 2 N–H and O–H groups in total. The van der Waals surface area contributed by atoms with Gasteiger partial charge in [0.25, 0.3) is 0 Å². The van der Waals surface area contributed by atoms with Gasteiger partial charge in [-0.1, -0.05) is 67.3 Å². The normalized spacial score (nSPS) is 22.1. The van der Waals surface area contributed by atoms with Gasteiger partial charge in [-0.15, -0.1) is 0 Å². The molecule has 1 amide bonds. The van der Waals surface area contributed by atoms with Gasteiger partial charge in [-0.3, -0.25) is 9.48 Å². The minimum Gasteiger partial charge on any atom is -0.350 e. The van der Waals surface area contributed by atoms with Crippen molar-refractivity contribution < 1.29 is 4.79 Å². The first kappa shape index (κ1) is 28.4. The van der Waals surface area contributed by atoms with Crippen LogP contribution in [0.4, 0.5) is 0 Å². The van der Waals surface area contributed by atoms with Crippen molar-refractivity contribution in [2.24, 2.45) is 11.3 Å². The smallest absolute Gasteiger partial charge is 0.237 e. The average molecular weight is 575 g/mol. The Morgan fingerprint density at radius 3 is 2.54 bits per heavy atom. The summed E-state index contributed by atoms with van der Waals surface area (Å²) in [6.07, 6.45) is 14.1. The Morgan fingerprint density at radius 2 is 1.80 bits per heavy atom. The molecule has 1 saturated carbocycles. The van der Waals surface area contributed by atoms with Crippen LogP contribution in [-0.4, -0.2) is 57.3 Å². The predicted molar refractivity (Wildman–Crippen MR) is 163 cm³/mol. The molecule has 6 rings (SSSR count). The van der Waals surface area contributed by atoms with Crippen molar-refractivity contribution in [2.45, 2.75) is 83.0 Å². The second-order valence-corrected chi connectivity index (χ2v) is 13.0. The van der Waals surface area contributed by atoms with Crippen molar-refractivity contribution in [2.75, 3.05) is 19.6 Å². The molecule has 0 bridgehead atoms. The summed E-state index contributed by atoms with van der Waals surface area (Å²) < 4.78 is 2.06. The highest BCUT2D eigenvalue weighted by molar-refractivity contribution is 6.30. The largest absolute Gasteiger partial charge is 0.350 e. The van der Waals surface area contributed by atoms with Crippen LogP contribution in [0, 0.1) is 11.3 Å². The van der Waals surface area contributed by atoms with Gasteiger partial charge in [-0.25, -0.2) is 4.98 Å². The van der Waals surface area contributed by atoms with Crippen LogP contribution in [0.1, 0.15) is 61.6 Å². The summed E-state index contributed by atoms with van der Waals surface area (Å²) in [5.74, 6) is 0.852. The molecule has 41 heavy (non-hydrogen) atoms. The van der Waals surface area contributed by atoms with E-state index in [0.717, 1.165) is 56.5 Å². The van der Waals surface area contributed by atoms with Crippen LogP contribution in [0.2, 0.25) is 5.02 Å². The van der Waals surface area contributed by atoms with E-state index in [1.54, 1.807) is 6.33 Å². The zero-order valence-electron chi connectivity index (χ0n) is 24.0. The highest BCUT2D eigenvalue weighted by Crippen LogP contribution is 2.47. The van der Waals surface area contributed by atoms with Gasteiger partial charge in [0, 0.05) is 30.7 Å². The zero-order valence-corrected chi connectivity index (χ0v) is 24.7. The van der Waals surface area contributed by atoms with Gasteiger partial charge in [0.15, 0.2) is 0 Å². The zero-order chi connectivity index (χ0) is 28.1. The molecule has 218 valence electrons. The Hall–Kier alpha value is -2.74. The second kappa shape index (κ2) is 13.1. The first-order valence-electron chi connectivity index (χ1n) is 15.5. The van der Waals surface area contributed by atoms with E-state index in [0.29, 0.717) is 0 Å². The molecule has 2 fully saturated rings. The SMILES string of the molecule is O=C(N[C@H](Cc1ccc(Cl)cc1)CN1CCC(Cn2cncn2)(C2CCCCC2)CC1)[C@H]1Cc2ccccc2CN1. The van der Waals surface area contributed by atoms with E-state index in [-0.39, 0.29) is 23.4 Å². The number of hydrogen-bond acceptors (Lipinski definition) is 5. The molecule has 3 heterocycles. The standard InChI is InChI=1S/C33H43ClN6O/c34-29-12-10-25(11-13-29)18-30(38-32(41)31-19-26-6-4-5-7-27(26)20-36-31)21-39-16-14-33(15-17-39,22-40-24-35-23-37-40)28-8-2-1-3-9-28/h4-7,10-13,23-24,28,30-31,36H,1-3,8-9,14-22H2,(H,38,41)/t30-,31-/m1/s1. The van der Waals surface area contributed by atoms with E-state index in [1.165, 1.54) is 61.6 Å². The molecule has 2 atom stereocenters. The summed E-state index contributed by atoms with van der Waals surface area (Å²) >= 11 is 6.18. The molecule has 1 aliphatic carbocycles. The Morgan fingerprint density at radius 1 is 1.05 bits per heavy atom. The van der Waals surface area contributed by atoms with Crippen molar-refractivity contribution in [1.29, 1.82) is 0 Å². The fraction of sp³-hybridized carbons (Fsp3) is 0.545. The number of nitrogens with zero attached hydrogens (tertiary/aromatic N) is 4. The maximum Gasteiger partial charge on any atom is 0.237 e. The number of likely N-dealkylation sites (tertiary alicyclic amines) is 1. The molecule has 1 saturated heterocycles.